The minimum atomic E-state index is -0.439. The summed E-state index contributed by atoms with van der Waals surface area (Å²) < 4.78 is 10.2. The summed E-state index contributed by atoms with van der Waals surface area (Å²) in [5.41, 5.74) is 4.41. The van der Waals surface area contributed by atoms with Gasteiger partial charge in [-0.15, -0.1) is 0 Å². The largest absolute Gasteiger partial charge is 0.465 e. The summed E-state index contributed by atoms with van der Waals surface area (Å²) in [6.45, 7) is 9.47. The predicted molar refractivity (Wildman–Crippen MR) is 79.9 cm³/mol. The summed E-state index contributed by atoms with van der Waals surface area (Å²) in [5, 5.41) is 3.22. The first kappa shape index (κ1) is 16.7. The molecule has 0 aliphatic carbocycles. The second kappa shape index (κ2) is 8.02. The van der Waals surface area contributed by atoms with Crippen LogP contribution in [0, 0.1) is 20.8 Å². The first-order chi connectivity index (χ1) is 9.51. The number of carbonyl (C=O) groups excluding carboxylic acids is 1. The molecule has 1 aromatic carbocycles. The van der Waals surface area contributed by atoms with Gasteiger partial charge in [-0.25, -0.2) is 4.79 Å². The van der Waals surface area contributed by atoms with Gasteiger partial charge in [-0.05, 0) is 44.4 Å². The molecule has 4 nitrogen and oxygen atoms in total. The minimum Gasteiger partial charge on any atom is -0.465 e. The van der Waals surface area contributed by atoms with Gasteiger partial charge in [0.25, 0.3) is 0 Å². The first-order valence-electron chi connectivity index (χ1n) is 6.98. The van der Waals surface area contributed by atoms with E-state index in [1.165, 1.54) is 5.56 Å². The minimum absolute atomic E-state index is 0.237. The SMILES string of the molecule is CCOC(=O)C(NCCOC)c1c(C)cc(C)cc1C. The van der Waals surface area contributed by atoms with Crippen molar-refractivity contribution in [3.8, 4) is 0 Å². The van der Waals surface area contributed by atoms with Crippen molar-refractivity contribution in [2.45, 2.75) is 33.7 Å². The zero-order chi connectivity index (χ0) is 15.1. The molecule has 0 saturated heterocycles. The monoisotopic (exact) mass is 279 g/mol. The van der Waals surface area contributed by atoms with Crippen molar-refractivity contribution < 1.29 is 14.3 Å². The summed E-state index contributed by atoms with van der Waals surface area (Å²) in [7, 11) is 1.64. The second-order valence-corrected chi connectivity index (χ2v) is 4.94. The molecule has 1 atom stereocenters. The molecule has 0 spiro atoms. The Kier molecular flexibility index (Phi) is 6.68. The van der Waals surface area contributed by atoms with Crippen LogP contribution in [-0.4, -0.2) is 32.8 Å². The Balaban J connectivity index is 3.06. The molecule has 1 N–H and O–H groups in total. The molecular weight excluding hydrogens is 254 g/mol. The van der Waals surface area contributed by atoms with E-state index in [0.29, 0.717) is 19.8 Å². The van der Waals surface area contributed by atoms with Crippen molar-refractivity contribution in [2.24, 2.45) is 0 Å². The van der Waals surface area contributed by atoms with Crippen LogP contribution in [0.3, 0.4) is 0 Å². The van der Waals surface area contributed by atoms with Crippen molar-refractivity contribution in [1.29, 1.82) is 0 Å². The average Bonchev–Trinajstić information content (AvgIpc) is 2.36. The number of rotatable bonds is 7. The van der Waals surface area contributed by atoms with E-state index in [-0.39, 0.29) is 5.97 Å². The molecule has 0 aromatic heterocycles. The van der Waals surface area contributed by atoms with Gasteiger partial charge in [0, 0.05) is 13.7 Å². The maximum absolute atomic E-state index is 12.2. The van der Waals surface area contributed by atoms with Gasteiger partial charge in [-0.3, -0.25) is 5.32 Å². The fourth-order valence-electron chi connectivity index (χ4n) is 2.48. The number of esters is 1. The third-order valence-electron chi connectivity index (χ3n) is 3.20. The smallest absolute Gasteiger partial charge is 0.327 e. The normalized spacial score (nSPS) is 12.2. The van der Waals surface area contributed by atoms with Crippen LogP contribution >= 0.6 is 0 Å². The Bertz CT molecular complexity index is 434. The molecule has 1 rings (SSSR count). The molecule has 1 unspecified atom stereocenters. The van der Waals surface area contributed by atoms with E-state index < -0.39 is 6.04 Å². The lowest BCUT2D eigenvalue weighted by molar-refractivity contribution is -0.145. The molecule has 1 aromatic rings. The van der Waals surface area contributed by atoms with Crippen molar-refractivity contribution in [1.82, 2.24) is 5.32 Å². The molecule has 20 heavy (non-hydrogen) atoms. The summed E-state index contributed by atoms with van der Waals surface area (Å²) in [6.07, 6.45) is 0. The Labute approximate surface area is 121 Å². The lowest BCUT2D eigenvalue weighted by Crippen LogP contribution is -2.33. The van der Waals surface area contributed by atoms with Crippen molar-refractivity contribution >= 4 is 5.97 Å². The van der Waals surface area contributed by atoms with Gasteiger partial charge in [-0.2, -0.15) is 0 Å². The van der Waals surface area contributed by atoms with Gasteiger partial charge in [-0.1, -0.05) is 17.7 Å². The zero-order valence-electron chi connectivity index (χ0n) is 13.1. The van der Waals surface area contributed by atoms with Gasteiger partial charge in [0.15, 0.2) is 0 Å². The molecule has 0 aliphatic rings. The van der Waals surface area contributed by atoms with E-state index in [1.807, 2.05) is 20.8 Å². The number of benzene rings is 1. The van der Waals surface area contributed by atoms with Crippen molar-refractivity contribution in [3.63, 3.8) is 0 Å². The summed E-state index contributed by atoms with van der Waals surface area (Å²) in [5.74, 6) is -0.237. The van der Waals surface area contributed by atoms with E-state index in [1.54, 1.807) is 7.11 Å². The zero-order valence-corrected chi connectivity index (χ0v) is 13.1. The predicted octanol–water partition coefficient (Wildman–Crippen LogP) is 2.45. The summed E-state index contributed by atoms with van der Waals surface area (Å²) in [6, 6.07) is 3.74. The molecule has 0 saturated carbocycles. The Morgan fingerprint density at radius 3 is 2.35 bits per heavy atom. The fourth-order valence-corrected chi connectivity index (χ4v) is 2.48. The molecule has 0 heterocycles. The number of methoxy groups -OCH3 is 1. The van der Waals surface area contributed by atoms with Crippen molar-refractivity contribution in [2.75, 3.05) is 26.9 Å². The van der Waals surface area contributed by atoms with Gasteiger partial charge < -0.3 is 9.47 Å². The quantitative estimate of drug-likeness (QED) is 0.615. The van der Waals surface area contributed by atoms with Crippen LogP contribution in [0.2, 0.25) is 0 Å². The highest BCUT2D eigenvalue weighted by Crippen LogP contribution is 2.24. The molecule has 0 radical (unpaired) electrons. The molecule has 0 fully saturated rings. The van der Waals surface area contributed by atoms with Crippen LogP contribution in [0.4, 0.5) is 0 Å². The van der Waals surface area contributed by atoms with Gasteiger partial charge in [0.05, 0.1) is 13.2 Å². The van der Waals surface area contributed by atoms with Crippen molar-refractivity contribution in [3.05, 3.63) is 34.4 Å². The third-order valence-corrected chi connectivity index (χ3v) is 3.20. The van der Waals surface area contributed by atoms with Crippen LogP contribution in [-0.2, 0) is 14.3 Å². The van der Waals surface area contributed by atoms with Crippen LogP contribution in [0.1, 0.15) is 35.2 Å². The van der Waals surface area contributed by atoms with E-state index in [2.05, 4.69) is 24.4 Å². The number of nitrogens with one attached hydrogen (secondary N) is 1. The highest BCUT2D eigenvalue weighted by Gasteiger charge is 2.24. The highest BCUT2D eigenvalue weighted by molar-refractivity contribution is 5.78. The Morgan fingerprint density at radius 2 is 1.85 bits per heavy atom. The average molecular weight is 279 g/mol. The van der Waals surface area contributed by atoms with E-state index >= 15 is 0 Å². The molecule has 4 heteroatoms. The van der Waals surface area contributed by atoms with E-state index in [4.69, 9.17) is 9.47 Å². The van der Waals surface area contributed by atoms with E-state index in [0.717, 1.165) is 16.7 Å². The van der Waals surface area contributed by atoms with E-state index in [9.17, 15) is 4.79 Å². The number of hydrogen-bond donors (Lipinski definition) is 1. The Hall–Kier alpha value is -1.39. The third kappa shape index (κ3) is 4.32. The second-order valence-electron chi connectivity index (χ2n) is 4.94. The Morgan fingerprint density at radius 1 is 1.25 bits per heavy atom. The fraction of sp³-hybridized carbons (Fsp3) is 0.562. The molecule has 112 valence electrons. The van der Waals surface area contributed by atoms with Crippen LogP contribution in [0.15, 0.2) is 12.1 Å². The maximum Gasteiger partial charge on any atom is 0.327 e. The van der Waals surface area contributed by atoms with Crippen LogP contribution in [0.5, 0.6) is 0 Å². The maximum atomic E-state index is 12.2. The standard InChI is InChI=1S/C16H25NO3/c1-6-20-16(18)15(17-7-8-19-5)14-12(3)9-11(2)10-13(14)4/h9-10,15,17H,6-8H2,1-5H3. The summed E-state index contributed by atoms with van der Waals surface area (Å²) in [4.78, 5) is 12.2. The summed E-state index contributed by atoms with van der Waals surface area (Å²) >= 11 is 0. The highest BCUT2D eigenvalue weighted by atomic mass is 16.5. The topological polar surface area (TPSA) is 47.6 Å². The van der Waals surface area contributed by atoms with Gasteiger partial charge in [0.1, 0.15) is 6.04 Å². The lowest BCUT2D eigenvalue weighted by atomic mass is 9.94. The molecule has 0 bridgehead atoms. The van der Waals surface area contributed by atoms with Crippen LogP contribution < -0.4 is 5.32 Å². The van der Waals surface area contributed by atoms with Gasteiger partial charge >= 0.3 is 5.97 Å². The number of carbonyl (C=O) groups is 1. The molecule has 0 amide bonds. The number of ether oxygens (including phenoxy) is 2. The van der Waals surface area contributed by atoms with Crippen LogP contribution in [0.25, 0.3) is 0 Å². The molecule has 0 aliphatic heterocycles. The lowest BCUT2D eigenvalue weighted by Gasteiger charge is -2.22. The first-order valence-corrected chi connectivity index (χ1v) is 6.98. The number of aryl methyl sites for hydroxylation is 3. The van der Waals surface area contributed by atoms with Gasteiger partial charge in [0.2, 0.25) is 0 Å². The number of hydrogen-bond acceptors (Lipinski definition) is 4. The molecular formula is C16H25NO3.